The molecular formula is C27H31N3O. The average molecular weight is 414 g/mol. The quantitative estimate of drug-likeness (QED) is 0.562. The lowest BCUT2D eigenvalue weighted by molar-refractivity contribution is -0.131. The van der Waals surface area contributed by atoms with Crippen LogP contribution in [0.5, 0.6) is 0 Å². The zero-order valence-corrected chi connectivity index (χ0v) is 18.8. The van der Waals surface area contributed by atoms with Crippen LogP contribution in [-0.2, 0) is 11.3 Å². The molecule has 4 nitrogen and oxygen atoms in total. The van der Waals surface area contributed by atoms with E-state index in [1.165, 1.54) is 22.4 Å². The Hall–Kier alpha value is -2.88. The summed E-state index contributed by atoms with van der Waals surface area (Å²) >= 11 is 0. The molecule has 31 heavy (non-hydrogen) atoms. The molecule has 4 heteroatoms. The van der Waals surface area contributed by atoms with Crippen molar-refractivity contribution in [2.45, 2.75) is 46.6 Å². The Labute approximate surface area is 184 Å². The number of rotatable bonds is 5. The molecule has 0 N–H and O–H groups in total. The molecule has 0 radical (unpaired) electrons. The van der Waals surface area contributed by atoms with Crippen molar-refractivity contribution in [3.8, 4) is 22.5 Å². The normalized spacial score (nSPS) is 18.5. The largest absolute Gasteiger partial charge is 0.342 e. The summed E-state index contributed by atoms with van der Waals surface area (Å²) in [6, 6.07) is 17.4. The van der Waals surface area contributed by atoms with Gasteiger partial charge in [-0.25, -0.2) is 4.98 Å². The van der Waals surface area contributed by atoms with Crippen LogP contribution in [0.15, 0.2) is 48.5 Å². The highest BCUT2D eigenvalue weighted by molar-refractivity contribution is 5.81. The molecule has 0 spiro atoms. The number of hydrogen-bond acceptors (Lipinski definition) is 2. The molecule has 160 valence electrons. The molecular weight excluding hydrogens is 382 g/mol. The molecule has 2 aromatic carbocycles. The van der Waals surface area contributed by atoms with Gasteiger partial charge in [-0.1, -0.05) is 54.1 Å². The number of nitrogens with zero attached hydrogens (tertiary/aromatic N) is 3. The van der Waals surface area contributed by atoms with E-state index in [2.05, 4.69) is 78.8 Å². The molecule has 1 unspecified atom stereocenters. The molecule has 2 heterocycles. The second kappa shape index (κ2) is 7.99. The lowest BCUT2D eigenvalue weighted by Gasteiger charge is -2.18. The molecule has 1 atom stereocenters. The third-order valence-corrected chi connectivity index (χ3v) is 6.95. The molecule has 1 saturated heterocycles. The first-order chi connectivity index (χ1) is 15.0. The summed E-state index contributed by atoms with van der Waals surface area (Å²) in [5.41, 5.74) is 7.19. The van der Waals surface area contributed by atoms with Crippen LogP contribution in [0.2, 0.25) is 0 Å². The lowest BCUT2D eigenvalue weighted by Crippen LogP contribution is -2.30. The van der Waals surface area contributed by atoms with Gasteiger partial charge in [-0.2, -0.15) is 0 Å². The van der Waals surface area contributed by atoms with Crippen molar-refractivity contribution < 1.29 is 4.79 Å². The number of amides is 1. The Morgan fingerprint density at radius 3 is 2.16 bits per heavy atom. The molecule has 1 aromatic heterocycles. The number of aryl methyl sites for hydroxylation is 2. The van der Waals surface area contributed by atoms with Crippen LogP contribution in [0, 0.1) is 32.6 Å². The van der Waals surface area contributed by atoms with Crippen LogP contribution < -0.4 is 0 Å². The fourth-order valence-corrected chi connectivity index (χ4v) is 4.68. The SMILES string of the molecule is Cc1ccc(-c2ccc(-c3nc(C)c(C)n3CC3CCN(C(=O)C4CC4)C3)cc2)cc1. The van der Waals surface area contributed by atoms with Gasteiger partial charge in [-0.3, -0.25) is 4.79 Å². The Bertz CT molecular complexity index is 1090. The Balaban J connectivity index is 1.36. The predicted octanol–water partition coefficient (Wildman–Crippen LogP) is 5.40. The lowest BCUT2D eigenvalue weighted by atomic mass is 10.0. The van der Waals surface area contributed by atoms with Gasteiger partial charge < -0.3 is 9.47 Å². The number of hydrogen-bond donors (Lipinski definition) is 0. The van der Waals surface area contributed by atoms with Gasteiger partial charge >= 0.3 is 0 Å². The van der Waals surface area contributed by atoms with Crippen molar-refractivity contribution in [1.29, 1.82) is 0 Å². The van der Waals surface area contributed by atoms with E-state index in [-0.39, 0.29) is 0 Å². The van der Waals surface area contributed by atoms with Crippen LogP contribution in [0.25, 0.3) is 22.5 Å². The van der Waals surface area contributed by atoms with Crippen molar-refractivity contribution in [1.82, 2.24) is 14.5 Å². The molecule has 0 bridgehead atoms. The number of benzene rings is 2. The van der Waals surface area contributed by atoms with Gasteiger partial charge in [0.2, 0.25) is 5.91 Å². The summed E-state index contributed by atoms with van der Waals surface area (Å²) < 4.78 is 2.37. The summed E-state index contributed by atoms with van der Waals surface area (Å²) in [5.74, 6) is 2.24. The monoisotopic (exact) mass is 413 g/mol. The molecule has 2 fully saturated rings. The number of carbonyl (C=O) groups excluding carboxylic acids is 1. The van der Waals surface area contributed by atoms with E-state index in [0.29, 0.717) is 17.7 Å². The zero-order chi connectivity index (χ0) is 21.5. The summed E-state index contributed by atoms with van der Waals surface area (Å²) in [5, 5.41) is 0. The van der Waals surface area contributed by atoms with Crippen molar-refractivity contribution in [3.63, 3.8) is 0 Å². The number of carbonyl (C=O) groups is 1. The van der Waals surface area contributed by atoms with Gasteiger partial charge in [0.25, 0.3) is 0 Å². The first kappa shape index (κ1) is 20.0. The fraction of sp³-hybridized carbons (Fsp3) is 0.407. The summed E-state index contributed by atoms with van der Waals surface area (Å²) in [7, 11) is 0. The fourth-order valence-electron chi connectivity index (χ4n) is 4.68. The van der Waals surface area contributed by atoms with Crippen LogP contribution in [0.1, 0.15) is 36.2 Å². The van der Waals surface area contributed by atoms with Crippen LogP contribution in [-0.4, -0.2) is 33.4 Å². The number of aromatic nitrogens is 2. The topological polar surface area (TPSA) is 38.1 Å². The second-order valence-electron chi connectivity index (χ2n) is 9.37. The molecule has 1 aliphatic heterocycles. The second-order valence-corrected chi connectivity index (χ2v) is 9.37. The van der Waals surface area contributed by atoms with E-state index < -0.39 is 0 Å². The maximum Gasteiger partial charge on any atom is 0.225 e. The third kappa shape index (κ3) is 4.04. The summed E-state index contributed by atoms with van der Waals surface area (Å²) in [6.45, 7) is 9.09. The minimum Gasteiger partial charge on any atom is -0.342 e. The van der Waals surface area contributed by atoms with E-state index in [0.717, 1.165) is 56.0 Å². The van der Waals surface area contributed by atoms with Gasteiger partial charge in [0, 0.05) is 36.8 Å². The standard InChI is InChI=1S/C27H31N3O/c1-18-4-6-22(7-5-18)23-8-10-24(11-9-23)26-28-19(2)20(3)30(26)17-21-14-15-29(16-21)27(31)25-12-13-25/h4-11,21,25H,12-17H2,1-3H3. The van der Waals surface area contributed by atoms with Gasteiger partial charge in [0.15, 0.2) is 0 Å². The maximum atomic E-state index is 12.4. The maximum absolute atomic E-state index is 12.4. The predicted molar refractivity (Wildman–Crippen MR) is 125 cm³/mol. The molecule has 1 aliphatic carbocycles. The minimum absolute atomic E-state index is 0.318. The Morgan fingerprint density at radius 2 is 1.52 bits per heavy atom. The summed E-state index contributed by atoms with van der Waals surface area (Å²) in [6.07, 6.45) is 3.26. The number of likely N-dealkylation sites (tertiary alicyclic amines) is 1. The highest BCUT2D eigenvalue weighted by Crippen LogP contribution is 2.34. The van der Waals surface area contributed by atoms with E-state index in [9.17, 15) is 4.79 Å². The molecule has 2 aliphatic rings. The van der Waals surface area contributed by atoms with Crippen LogP contribution >= 0.6 is 0 Å². The van der Waals surface area contributed by atoms with Crippen LogP contribution in [0.4, 0.5) is 0 Å². The first-order valence-electron chi connectivity index (χ1n) is 11.5. The molecule has 3 aromatic rings. The van der Waals surface area contributed by atoms with Crippen molar-refractivity contribution in [2.24, 2.45) is 11.8 Å². The Morgan fingerprint density at radius 1 is 0.903 bits per heavy atom. The average Bonchev–Trinajstić information content (AvgIpc) is 3.47. The van der Waals surface area contributed by atoms with E-state index in [1.54, 1.807) is 0 Å². The van der Waals surface area contributed by atoms with Crippen molar-refractivity contribution >= 4 is 5.91 Å². The van der Waals surface area contributed by atoms with Crippen molar-refractivity contribution in [3.05, 3.63) is 65.5 Å². The van der Waals surface area contributed by atoms with Gasteiger partial charge in [-0.05, 0) is 57.1 Å². The smallest absolute Gasteiger partial charge is 0.225 e. The third-order valence-electron chi connectivity index (χ3n) is 6.95. The summed E-state index contributed by atoms with van der Waals surface area (Å²) in [4.78, 5) is 19.4. The zero-order valence-electron chi connectivity index (χ0n) is 18.8. The first-order valence-corrected chi connectivity index (χ1v) is 11.5. The van der Waals surface area contributed by atoms with Crippen LogP contribution in [0.3, 0.4) is 0 Å². The number of imidazole rings is 1. The highest BCUT2D eigenvalue weighted by atomic mass is 16.2. The molecule has 5 rings (SSSR count). The van der Waals surface area contributed by atoms with Gasteiger partial charge in [0.05, 0.1) is 5.69 Å². The van der Waals surface area contributed by atoms with Crippen molar-refractivity contribution in [2.75, 3.05) is 13.1 Å². The molecule has 1 saturated carbocycles. The molecule has 1 amide bonds. The van der Waals surface area contributed by atoms with E-state index in [1.807, 2.05) is 0 Å². The Kier molecular flexibility index (Phi) is 5.17. The highest BCUT2D eigenvalue weighted by Gasteiger charge is 2.36. The van der Waals surface area contributed by atoms with Gasteiger partial charge in [-0.15, -0.1) is 0 Å². The van der Waals surface area contributed by atoms with E-state index >= 15 is 0 Å². The van der Waals surface area contributed by atoms with Gasteiger partial charge in [0.1, 0.15) is 5.82 Å². The van der Waals surface area contributed by atoms with E-state index in [4.69, 9.17) is 4.98 Å². The minimum atomic E-state index is 0.318.